The SMILES string of the molecule is CCC1C=CCC1.O. The summed E-state index contributed by atoms with van der Waals surface area (Å²) in [6.45, 7) is 2.25. The molecule has 0 bridgehead atoms. The Labute approximate surface area is 50.7 Å². The molecule has 0 fully saturated rings. The summed E-state index contributed by atoms with van der Waals surface area (Å²) in [5.41, 5.74) is 0. The van der Waals surface area contributed by atoms with Crippen LogP contribution >= 0.6 is 0 Å². The van der Waals surface area contributed by atoms with Crippen LogP contribution in [0, 0.1) is 5.92 Å². The normalized spacial score (nSPS) is 25.4. The Morgan fingerprint density at radius 3 is 2.62 bits per heavy atom. The first-order valence-corrected chi connectivity index (χ1v) is 3.10. The van der Waals surface area contributed by atoms with Gasteiger partial charge in [-0.15, -0.1) is 0 Å². The Kier molecular flexibility index (Phi) is 3.53. The van der Waals surface area contributed by atoms with Crippen molar-refractivity contribution in [3.8, 4) is 0 Å². The fourth-order valence-electron chi connectivity index (χ4n) is 1.04. The maximum absolute atomic E-state index is 2.33. The van der Waals surface area contributed by atoms with Crippen LogP contribution in [0.2, 0.25) is 0 Å². The molecule has 0 aromatic heterocycles. The van der Waals surface area contributed by atoms with Gasteiger partial charge in [-0.1, -0.05) is 19.1 Å². The summed E-state index contributed by atoms with van der Waals surface area (Å²) in [5, 5.41) is 0. The molecule has 8 heavy (non-hydrogen) atoms. The molecule has 0 aliphatic heterocycles. The van der Waals surface area contributed by atoms with Crippen molar-refractivity contribution < 1.29 is 5.48 Å². The average Bonchev–Trinajstić information content (AvgIpc) is 2.14. The van der Waals surface area contributed by atoms with Crippen molar-refractivity contribution >= 4 is 0 Å². The van der Waals surface area contributed by atoms with E-state index in [2.05, 4.69) is 19.1 Å². The van der Waals surface area contributed by atoms with Crippen LogP contribution in [0.25, 0.3) is 0 Å². The summed E-state index contributed by atoms with van der Waals surface area (Å²) in [4.78, 5) is 0. The van der Waals surface area contributed by atoms with E-state index in [-0.39, 0.29) is 5.48 Å². The lowest BCUT2D eigenvalue weighted by Gasteiger charge is -1.97. The van der Waals surface area contributed by atoms with Gasteiger partial charge in [-0.3, -0.25) is 0 Å². The van der Waals surface area contributed by atoms with E-state index in [4.69, 9.17) is 0 Å². The topological polar surface area (TPSA) is 31.5 Å². The summed E-state index contributed by atoms with van der Waals surface area (Å²) in [5.74, 6) is 0.917. The van der Waals surface area contributed by atoms with E-state index in [1.54, 1.807) is 0 Å². The third kappa shape index (κ3) is 1.66. The average molecular weight is 114 g/mol. The number of allylic oxidation sites excluding steroid dienone is 2. The fraction of sp³-hybridized carbons (Fsp3) is 0.714. The molecular weight excluding hydrogens is 100 g/mol. The molecule has 0 spiro atoms. The Bertz CT molecular complexity index is 76.5. The molecule has 0 heterocycles. The van der Waals surface area contributed by atoms with Crippen molar-refractivity contribution in [1.82, 2.24) is 0 Å². The van der Waals surface area contributed by atoms with Gasteiger partial charge in [-0.25, -0.2) is 0 Å². The first kappa shape index (κ1) is 7.70. The maximum Gasteiger partial charge on any atom is -0.0233 e. The first-order chi connectivity index (χ1) is 3.43. The van der Waals surface area contributed by atoms with E-state index in [1.807, 2.05) is 0 Å². The Balaban J connectivity index is 0.000000490. The lowest BCUT2D eigenvalue weighted by atomic mass is 10.1. The Morgan fingerprint density at radius 2 is 2.38 bits per heavy atom. The molecule has 1 atom stereocenters. The lowest BCUT2D eigenvalue weighted by Crippen LogP contribution is -1.84. The van der Waals surface area contributed by atoms with Gasteiger partial charge in [0.25, 0.3) is 0 Å². The summed E-state index contributed by atoms with van der Waals surface area (Å²) in [6.07, 6.45) is 8.67. The van der Waals surface area contributed by atoms with Crippen LogP contribution < -0.4 is 0 Å². The van der Waals surface area contributed by atoms with Crippen molar-refractivity contribution in [3.63, 3.8) is 0 Å². The van der Waals surface area contributed by atoms with Crippen LogP contribution in [-0.2, 0) is 0 Å². The van der Waals surface area contributed by atoms with Crippen LogP contribution in [0.4, 0.5) is 0 Å². The van der Waals surface area contributed by atoms with Crippen molar-refractivity contribution in [3.05, 3.63) is 12.2 Å². The van der Waals surface area contributed by atoms with Gasteiger partial charge in [-0.2, -0.15) is 0 Å². The van der Waals surface area contributed by atoms with Gasteiger partial charge >= 0.3 is 0 Å². The van der Waals surface area contributed by atoms with E-state index >= 15 is 0 Å². The van der Waals surface area contributed by atoms with E-state index in [0.29, 0.717) is 0 Å². The van der Waals surface area contributed by atoms with Gasteiger partial charge in [0, 0.05) is 0 Å². The monoisotopic (exact) mass is 114 g/mol. The Hall–Kier alpha value is -0.300. The molecule has 0 radical (unpaired) electrons. The minimum Gasteiger partial charge on any atom is -0.412 e. The van der Waals surface area contributed by atoms with Crippen LogP contribution in [-0.4, -0.2) is 5.48 Å². The highest BCUT2D eigenvalue weighted by atomic mass is 16.0. The Morgan fingerprint density at radius 1 is 1.62 bits per heavy atom. The number of hydrogen-bond acceptors (Lipinski definition) is 0. The van der Waals surface area contributed by atoms with Gasteiger partial charge in [0.1, 0.15) is 0 Å². The molecule has 1 aliphatic rings. The zero-order valence-electron chi connectivity index (χ0n) is 5.35. The van der Waals surface area contributed by atoms with Gasteiger partial charge in [0.2, 0.25) is 0 Å². The highest BCUT2D eigenvalue weighted by molar-refractivity contribution is 4.95. The number of hydrogen-bond donors (Lipinski definition) is 0. The van der Waals surface area contributed by atoms with Crippen LogP contribution in [0.15, 0.2) is 12.2 Å². The molecule has 0 aromatic rings. The molecule has 1 nitrogen and oxygen atoms in total. The molecule has 1 rings (SSSR count). The second-order valence-electron chi connectivity index (χ2n) is 2.17. The number of rotatable bonds is 1. The summed E-state index contributed by atoms with van der Waals surface area (Å²) in [7, 11) is 0. The van der Waals surface area contributed by atoms with Crippen molar-refractivity contribution in [2.45, 2.75) is 26.2 Å². The minimum absolute atomic E-state index is 0. The van der Waals surface area contributed by atoms with Crippen molar-refractivity contribution in [2.75, 3.05) is 0 Å². The van der Waals surface area contributed by atoms with E-state index in [9.17, 15) is 0 Å². The molecule has 2 N–H and O–H groups in total. The van der Waals surface area contributed by atoms with Crippen molar-refractivity contribution in [2.24, 2.45) is 5.92 Å². The van der Waals surface area contributed by atoms with Crippen LogP contribution in [0.1, 0.15) is 26.2 Å². The predicted octanol–water partition coefficient (Wildman–Crippen LogP) is 1.54. The third-order valence-electron chi connectivity index (χ3n) is 1.64. The van der Waals surface area contributed by atoms with Gasteiger partial charge in [0.15, 0.2) is 0 Å². The van der Waals surface area contributed by atoms with Gasteiger partial charge in [0.05, 0.1) is 0 Å². The molecule has 0 aromatic carbocycles. The van der Waals surface area contributed by atoms with Crippen LogP contribution in [0.5, 0.6) is 0 Å². The summed E-state index contributed by atoms with van der Waals surface area (Å²) >= 11 is 0. The van der Waals surface area contributed by atoms with Gasteiger partial charge < -0.3 is 5.48 Å². The second kappa shape index (κ2) is 3.67. The summed E-state index contributed by atoms with van der Waals surface area (Å²) in [6, 6.07) is 0. The van der Waals surface area contributed by atoms with E-state index in [0.717, 1.165) is 5.92 Å². The zero-order chi connectivity index (χ0) is 5.11. The highest BCUT2D eigenvalue weighted by Crippen LogP contribution is 2.18. The zero-order valence-corrected chi connectivity index (χ0v) is 5.35. The van der Waals surface area contributed by atoms with Gasteiger partial charge in [-0.05, 0) is 25.2 Å². The van der Waals surface area contributed by atoms with Crippen molar-refractivity contribution in [1.29, 1.82) is 0 Å². The highest BCUT2D eigenvalue weighted by Gasteiger charge is 2.03. The lowest BCUT2D eigenvalue weighted by molar-refractivity contribution is 0.612. The molecular formula is C7H14O. The minimum atomic E-state index is 0. The predicted molar refractivity (Wildman–Crippen MR) is 35.8 cm³/mol. The second-order valence-corrected chi connectivity index (χ2v) is 2.17. The standard InChI is InChI=1S/C7H12.H2O/c1-2-7-5-3-4-6-7;/h3,5,7H,2,4,6H2,1H3;1H2. The molecule has 1 heteroatoms. The molecule has 0 saturated heterocycles. The molecule has 0 amide bonds. The van der Waals surface area contributed by atoms with E-state index in [1.165, 1.54) is 19.3 Å². The molecule has 1 aliphatic carbocycles. The fourth-order valence-corrected chi connectivity index (χ4v) is 1.04. The maximum atomic E-state index is 2.33. The molecule has 0 saturated carbocycles. The third-order valence-corrected chi connectivity index (χ3v) is 1.64. The largest absolute Gasteiger partial charge is 0.412 e. The first-order valence-electron chi connectivity index (χ1n) is 3.10. The quantitative estimate of drug-likeness (QED) is 0.463. The molecule has 48 valence electrons. The van der Waals surface area contributed by atoms with E-state index < -0.39 is 0 Å². The smallest absolute Gasteiger partial charge is 0.0233 e. The van der Waals surface area contributed by atoms with Crippen LogP contribution in [0.3, 0.4) is 0 Å². The molecule has 1 unspecified atom stereocenters. The summed E-state index contributed by atoms with van der Waals surface area (Å²) < 4.78 is 0.